The minimum absolute atomic E-state index is 0.0820. The number of halogens is 1. The summed E-state index contributed by atoms with van der Waals surface area (Å²) in [6.07, 6.45) is 0.787. The molecule has 0 saturated carbocycles. The number of nitrogens with one attached hydrogen (secondary N) is 1. The lowest BCUT2D eigenvalue weighted by atomic mass is 10.1. The second kappa shape index (κ2) is 8.45. The number of para-hydroxylation sites is 1. The molecule has 1 heterocycles. The van der Waals surface area contributed by atoms with E-state index in [1.165, 1.54) is 0 Å². The van der Waals surface area contributed by atoms with E-state index < -0.39 is 0 Å². The van der Waals surface area contributed by atoms with Crippen molar-refractivity contribution in [1.29, 1.82) is 0 Å². The van der Waals surface area contributed by atoms with Gasteiger partial charge in [-0.3, -0.25) is 9.36 Å². The van der Waals surface area contributed by atoms with Crippen molar-refractivity contribution in [2.45, 2.75) is 19.4 Å². The van der Waals surface area contributed by atoms with Crippen molar-refractivity contribution < 1.29 is 4.74 Å². The van der Waals surface area contributed by atoms with Crippen LogP contribution < -0.4 is 10.9 Å². The van der Waals surface area contributed by atoms with Gasteiger partial charge in [-0.15, -0.1) is 0 Å². The molecule has 136 valence electrons. The quantitative estimate of drug-likeness (QED) is 0.643. The topological polar surface area (TPSA) is 56.1 Å². The predicted molar refractivity (Wildman–Crippen MR) is 105 cm³/mol. The maximum absolute atomic E-state index is 13.2. The summed E-state index contributed by atoms with van der Waals surface area (Å²) in [4.78, 5) is 18.0. The van der Waals surface area contributed by atoms with Crippen molar-refractivity contribution in [2.24, 2.45) is 0 Å². The summed E-state index contributed by atoms with van der Waals surface area (Å²) in [5, 5.41) is 4.59. The molecular weight excluding hydrogens is 350 g/mol. The van der Waals surface area contributed by atoms with Crippen LogP contribution >= 0.6 is 11.6 Å². The number of hydrogen-bond acceptors (Lipinski definition) is 4. The average molecular weight is 372 g/mol. The molecule has 2 aromatic carbocycles. The van der Waals surface area contributed by atoms with E-state index in [0.29, 0.717) is 40.6 Å². The van der Waals surface area contributed by atoms with E-state index in [4.69, 9.17) is 21.3 Å². The Hall–Kier alpha value is -2.21. The van der Waals surface area contributed by atoms with Crippen LogP contribution in [0.5, 0.6) is 0 Å². The molecule has 0 aliphatic carbocycles. The summed E-state index contributed by atoms with van der Waals surface area (Å²) in [6, 6.07) is 14.6. The Morgan fingerprint density at radius 2 is 2.04 bits per heavy atom. The lowest BCUT2D eigenvalue weighted by Crippen LogP contribution is -2.32. The van der Waals surface area contributed by atoms with Gasteiger partial charge in [-0.05, 0) is 36.8 Å². The van der Waals surface area contributed by atoms with Gasteiger partial charge in [-0.1, -0.05) is 36.7 Å². The molecular formula is C20H22ClN3O2. The number of fused-ring (bicyclic) bond motifs is 1. The predicted octanol–water partition coefficient (Wildman–Crippen LogP) is 3.73. The molecule has 5 nitrogen and oxygen atoms in total. The van der Waals surface area contributed by atoms with E-state index in [1.54, 1.807) is 29.9 Å². The van der Waals surface area contributed by atoms with Crippen LogP contribution in [-0.4, -0.2) is 29.8 Å². The summed E-state index contributed by atoms with van der Waals surface area (Å²) >= 11 is 6.17. The molecule has 0 fully saturated rings. The Morgan fingerprint density at radius 1 is 1.23 bits per heavy atom. The molecule has 0 saturated heterocycles. The van der Waals surface area contributed by atoms with Crippen molar-refractivity contribution in [1.82, 2.24) is 14.9 Å². The molecule has 3 aromatic rings. The van der Waals surface area contributed by atoms with Gasteiger partial charge in [-0.2, -0.15) is 0 Å². The molecule has 3 rings (SSSR count). The minimum Gasteiger partial charge on any atom is -0.383 e. The SMILES string of the molecule is CC[C@@H](NCCOC)c1nc2ccccc2c(=O)n1-c1cccc(Cl)c1. The highest BCUT2D eigenvalue weighted by Crippen LogP contribution is 2.22. The van der Waals surface area contributed by atoms with Crippen LogP contribution in [0.25, 0.3) is 16.6 Å². The number of ether oxygens (including phenoxy) is 1. The average Bonchev–Trinajstić information content (AvgIpc) is 2.65. The number of methoxy groups -OCH3 is 1. The summed E-state index contributed by atoms with van der Waals surface area (Å²) < 4.78 is 6.78. The third-order valence-corrected chi connectivity index (χ3v) is 4.52. The van der Waals surface area contributed by atoms with E-state index in [0.717, 1.165) is 6.42 Å². The highest BCUT2D eigenvalue weighted by molar-refractivity contribution is 6.30. The van der Waals surface area contributed by atoms with E-state index in [-0.39, 0.29) is 11.6 Å². The van der Waals surface area contributed by atoms with Gasteiger partial charge >= 0.3 is 0 Å². The maximum Gasteiger partial charge on any atom is 0.266 e. The Balaban J connectivity index is 2.22. The Kier molecular flexibility index (Phi) is 6.04. The highest BCUT2D eigenvalue weighted by Gasteiger charge is 2.19. The number of aromatic nitrogens is 2. The van der Waals surface area contributed by atoms with Crippen molar-refractivity contribution in [3.63, 3.8) is 0 Å². The zero-order chi connectivity index (χ0) is 18.5. The molecule has 0 amide bonds. The van der Waals surface area contributed by atoms with Crippen molar-refractivity contribution >= 4 is 22.5 Å². The van der Waals surface area contributed by atoms with E-state index in [2.05, 4.69) is 12.2 Å². The molecule has 1 atom stereocenters. The van der Waals surface area contributed by atoms with Crippen LogP contribution in [0, 0.1) is 0 Å². The van der Waals surface area contributed by atoms with Crippen LogP contribution in [-0.2, 0) is 4.74 Å². The van der Waals surface area contributed by atoms with Gasteiger partial charge in [0, 0.05) is 18.7 Å². The van der Waals surface area contributed by atoms with Gasteiger partial charge in [0.25, 0.3) is 5.56 Å². The largest absolute Gasteiger partial charge is 0.383 e. The first-order chi connectivity index (χ1) is 12.7. The highest BCUT2D eigenvalue weighted by atomic mass is 35.5. The summed E-state index contributed by atoms with van der Waals surface area (Å²) in [7, 11) is 1.67. The van der Waals surface area contributed by atoms with Crippen LogP contribution in [0.3, 0.4) is 0 Å². The molecule has 6 heteroatoms. The lowest BCUT2D eigenvalue weighted by Gasteiger charge is -2.21. The second-order valence-electron chi connectivity index (χ2n) is 6.02. The Morgan fingerprint density at radius 3 is 2.77 bits per heavy atom. The maximum atomic E-state index is 13.2. The summed E-state index contributed by atoms with van der Waals surface area (Å²) in [6.45, 7) is 3.33. The molecule has 0 aliphatic heterocycles. The first-order valence-electron chi connectivity index (χ1n) is 8.65. The monoisotopic (exact) mass is 371 g/mol. The van der Waals surface area contributed by atoms with Crippen LogP contribution in [0.1, 0.15) is 25.2 Å². The van der Waals surface area contributed by atoms with Crippen LogP contribution in [0.15, 0.2) is 53.3 Å². The third-order valence-electron chi connectivity index (χ3n) is 4.28. The fourth-order valence-electron chi connectivity index (χ4n) is 3.00. The van der Waals surface area contributed by atoms with E-state index >= 15 is 0 Å². The van der Waals surface area contributed by atoms with E-state index in [9.17, 15) is 4.79 Å². The first-order valence-corrected chi connectivity index (χ1v) is 9.03. The normalized spacial score (nSPS) is 12.4. The second-order valence-corrected chi connectivity index (χ2v) is 6.45. The zero-order valence-corrected chi connectivity index (χ0v) is 15.7. The van der Waals surface area contributed by atoms with Gasteiger partial charge in [0.15, 0.2) is 0 Å². The molecule has 0 unspecified atom stereocenters. The van der Waals surface area contributed by atoms with Gasteiger partial charge in [-0.25, -0.2) is 4.98 Å². The van der Waals surface area contributed by atoms with Gasteiger partial charge in [0.2, 0.25) is 0 Å². The number of benzene rings is 2. The number of hydrogen-bond donors (Lipinski definition) is 1. The summed E-state index contributed by atoms with van der Waals surface area (Å²) in [5.74, 6) is 0.676. The van der Waals surface area contributed by atoms with Crippen molar-refractivity contribution in [3.05, 3.63) is 69.7 Å². The van der Waals surface area contributed by atoms with Gasteiger partial charge in [0.05, 0.1) is 29.2 Å². The minimum atomic E-state index is -0.0974. The van der Waals surface area contributed by atoms with Gasteiger partial charge in [0.1, 0.15) is 5.82 Å². The summed E-state index contributed by atoms with van der Waals surface area (Å²) in [5.41, 5.74) is 1.31. The van der Waals surface area contributed by atoms with E-state index in [1.807, 2.05) is 30.3 Å². The Labute approximate surface area is 157 Å². The molecule has 0 aliphatic rings. The molecule has 26 heavy (non-hydrogen) atoms. The molecule has 0 spiro atoms. The molecule has 0 radical (unpaired) electrons. The van der Waals surface area contributed by atoms with Gasteiger partial charge < -0.3 is 10.1 Å². The number of nitrogens with zero attached hydrogens (tertiary/aromatic N) is 2. The molecule has 1 N–H and O–H groups in total. The van der Waals surface area contributed by atoms with Crippen molar-refractivity contribution in [3.8, 4) is 5.69 Å². The van der Waals surface area contributed by atoms with Crippen LogP contribution in [0.2, 0.25) is 5.02 Å². The van der Waals surface area contributed by atoms with Crippen molar-refractivity contribution in [2.75, 3.05) is 20.3 Å². The lowest BCUT2D eigenvalue weighted by molar-refractivity contribution is 0.194. The first kappa shape index (κ1) is 18.6. The van der Waals surface area contributed by atoms with Crippen LogP contribution in [0.4, 0.5) is 0 Å². The standard InChI is InChI=1S/C20H22ClN3O2/c1-3-17(22-11-12-26-2)19-23-18-10-5-4-9-16(18)20(25)24(19)15-8-6-7-14(21)13-15/h4-10,13,17,22H,3,11-12H2,1-2H3/t17-/m1/s1. The fraction of sp³-hybridized carbons (Fsp3) is 0.300. The number of rotatable bonds is 7. The third kappa shape index (κ3) is 3.80. The Bertz CT molecular complexity index is 955. The fourth-order valence-corrected chi connectivity index (χ4v) is 3.19. The molecule has 1 aromatic heterocycles. The molecule has 0 bridgehead atoms. The zero-order valence-electron chi connectivity index (χ0n) is 14.9. The smallest absolute Gasteiger partial charge is 0.266 e.